The van der Waals surface area contributed by atoms with Crippen LogP contribution in [0.1, 0.15) is 53.2 Å². The highest BCUT2D eigenvalue weighted by Crippen LogP contribution is 2.41. The summed E-state index contributed by atoms with van der Waals surface area (Å²) in [4.78, 5) is 12.7. The first-order chi connectivity index (χ1) is 12.3. The maximum atomic E-state index is 13.3. The van der Waals surface area contributed by atoms with Gasteiger partial charge in [-0.1, -0.05) is 31.5 Å². The number of nitrogens with zero attached hydrogens (tertiary/aromatic N) is 1. The molecule has 0 amide bonds. The molecule has 1 aromatic heterocycles. The molecule has 4 rings (SSSR count). The number of ketones is 1. The van der Waals surface area contributed by atoms with Gasteiger partial charge in [0.15, 0.2) is 5.78 Å². The number of rotatable bonds is 3. The van der Waals surface area contributed by atoms with Crippen molar-refractivity contribution >= 4 is 26.7 Å². The van der Waals surface area contributed by atoms with Crippen molar-refractivity contribution < 1.29 is 13.2 Å². The van der Waals surface area contributed by atoms with Gasteiger partial charge in [-0.2, -0.15) is 0 Å². The number of hydrogen-bond acceptors (Lipinski definition) is 3. The average molecular weight is 367 g/mol. The van der Waals surface area contributed by atoms with Crippen LogP contribution >= 0.6 is 0 Å². The minimum atomic E-state index is -3.72. The molecule has 0 saturated heterocycles. The number of aromatic nitrogens is 1. The summed E-state index contributed by atoms with van der Waals surface area (Å²) in [6.07, 6.45) is 2.81. The lowest BCUT2D eigenvalue weighted by molar-refractivity contribution is 0.0990. The Morgan fingerprint density at radius 1 is 1.15 bits per heavy atom. The van der Waals surface area contributed by atoms with Crippen molar-refractivity contribution in [2.45, 2.75) is 44.4 Å². The van der Waals surface area contributed by atoms with Crippen LogP contribution < -0.4 is 0 Å². The molecule has 26 heavy (non-hydrogen) atoms. The van der Waals surface area contributed by atoms with Gasteiger partial charge in [0.05, 0.1) is 10.4 Å². The second-order valence-electron chi connectivity index (χ2n) is 7.07. The maximum absolute atomic E-state index is 13.3. The lowest BCUT2D eigenvalue weighted by Crippen LogP contribution is -2.13. The molecular weight excluding hydrogens is 346 g/mol. The molecule has 1 aliphatic rings. The Morgan fingerprint density at radius 3 is 2.50 bits per heavy atom. The van der Waals surface area contributed by atoms with E-state index < -0.39 is 10.0 Å². The molecule has 1 aliphatic carbocycles. The summed E-state index contributed by atoms with van der Waals surface area (Å²) in [5.41, 5.74) is 4.23. The molecule has 134 valence electrons. The smallest absolute Gasteiger partial charge is 0.268 e. The van der Waals surface area contributed by atoms with Crippen LogP contribution in [0.4, 0.5) is 0 Å². The summed E-state index contributed by atoms with van der Waals surface area (Å²) in [7, 11) is -3.72. The van der Waals surface area contributed by atoms with E-state index in [-0.39, 0.29) is 16.6 Å². The van der Waals surface area contributed by atoms with Crippen molar-refractivity contribution in [1.29, 1.82) is 0 Å². The van der Waals surface area contributed by atoms with Crippen LogP contribution in [-0.2, 0) is 16.4 Å². The SMILES string of the molecule is CCc1cc2c(c3c1ccn3S(=O)(=O)c1ccc(C)cc1)[C@@H](C)CC2=O. The average Bonchev–Trinajstić information content (AvgIpc) is 3.16. The van der Waals surface area contributed by atoms with E-state index in [1.807, 2.05) is 32.9 Å². The van der Waals surface area contributed by atoms with E-state index >= 15 is 0 Å². The van der Waals surface area contributed by atoms with Crippen molar-refractivity contribution in [3.63, 3.8) is 0 Å². The largest absolute Gasteiger partial charge is 0.294 e. The van der Waals surface area contributed by atoms with E-state index in [9.17, 15) is 13.2 Å². The zero-order valence-electron chi connectivity index (χ0n) is 15.1. The van der Waals surface area contributed by atoms with E-state index in [0.717, 1.165) is 28.5 Å². The van der Waals surface area contributed by atoms with Crippen molar-refractivity contribution in [2.24, 2.45) is 0 Å². The van der Waals surface area contributed by atoms with Crippen molar-refractivity contribution in [3.05, 3.63) is 64.8 Å². The quantitative estimate of drug-likeness (QED) is 0.688. The van der Waals surface area contributed by atoms with Gasteiger partial charge in [-0.3, -0.25) is 4.79 Å². The topological polar surface area (TPSA) is 56.1 Å². The number of carbonyl (C=O) groups excluding carboxylic acids is 1. The van der Waals surface area contributed by atoms with Crippen LogP contribution in [0.3, 0.4) is 0 Å². The van der Waals surface area contributed by atoms with E-state index in [0.29, 0.717) is 17.5 Å². The van der Waals surface area contributed by atoms with Crippen LogP contribution in [0.5, 0.6) is 0 Å². The molecule has 5 heteroatoms. The molecule has 0 N–H and O–H groups in total. The minimum absolute atomic E-state index is 0.0211. The third-order valence-electron chi connectivity index (χ3n) is 5.31. The number of carbonyl (C=O) groups is 1. The van der Waals surface area contributed by atoms with Gasteiger partial charge in [0.1, 0.15) is 0 Å². The summed E-state index contributed by atoms with van der Waals surface area (Å²) in [5.74, 6) is 0.123. The zero-order valence-corrected chi connectivity index (χ0v) is 15.9. The Morgan fingerprint density at radius 2 is 1.85 bits per heavy atom. The van der Waals surface area contributed by atoms with Gasteiger partial charge in [-0.15, -0.1) is 0 Å². The molecule has 2 aromatic carbocycles. The normalized spacial score (nSPS) is 17.0. The molecule has 0 radical (unpaired) electrons. The van der Waals surface area contributed by atoms with Crippen LogP contribution in [0.15, 0.2) is 47.5 Å². The molecule has 0 spiro atoms. The lowest BCUT2D eigenvalue weighted by atomic mass is 9.96. The standard InChI is InChI=1S/C21H21NO3S/c1-4-15-12-18-19(23)11-14(3)20(18)21-17(15)9-10-22(21)26(24,25)16-7-5-13(2)6-8-16/h5-10,12,14H,4,11H2,1-3H3/t14-/m0/s1. The number of fused-ring (bicyclic) bond motifs is 3. The van der Waals surface area contributed by atoms with Gasteiger partial charge in [0.25, 0.3) is 10.0 Å². The zero-order chi connectivity index (χ0) is 18.6. The maximum Gasteiger partial charge on any atom is 0.268 e. The molecule has 0 fully saturated rings. The van der Waals surface area contributed by atoms with Gasteiger partial charge in [-0.05, 0) is 54.7 Å². The predicted octanol–water partition coefficient (Wildman–Crippen LogP) is 4.44. The number of hydrogen-bond donors (Lipinski definition) is 0. The van der Waals surface area contributed by atoms with Crippen molar-refractivity contribution in [2.75, 3.05) is 0 Å². The summed E-state index contributed by atoms with van der Waals surface area (Å²) in [6, 6.07) is 10.7. The highest BCUT2D eigenvalue weighted by atomic mass is 32.2. The van der Waals surface area contributed by atoms with E-state index in [2.05, 4.69) is 0 Å². The van der Waals surface area contributed by atoms with Gasteiger partial charge >= 0.3 is 0 Å². The fraction of sp³-hybridized carbons (Fsp3) is 0.286. The van der Waals surface area contributed by atoms with E-state index in [4.69, 9.17) is 0 Å². The van der Waals surface area contributed by atoms with Crippen molar-refractivity contribution in [1.82, 2.24) is 3.97 Å². The van der Waals surface area contributed by atoms with E-state index in [1.54, 1.807) is 30.5 Å². The Kier molecular flexibility index (Phi) is 3.81. The predicted molar refractivity (Wildman–Crippen MR) is 102 cm³/mol. The summed E-state index contributed by atoms with van der Waals surface area (Å²) >= 11 is 0. The van der Waals surface area contributed by atoms with Gasteiger partial charge in [0, 0.05) is 23.6 Å². The molecule has 1 atom stereocenters. The number of aryl methyl sites for hydroxylation is 2. The second-order valence-corrected chi connectivity index (χ2v) is 8.89. The Labute approximate surface area is 153 Å². The third-order valence-corrected chi connectivity index (χ3v) is 7.00. The van der Waals surface area contributed by atoms with Gasteiger partial charge in [0.2, 0.25) is 0 Å². The number of benzene rings is 2. The molecule has 1 heterocycles. The monoisotopic (exact) mass is 367 g/mol. The van der Waals surface area contributed by atoms with Crippen LogP contribution in [0.25, 0.3) is 10.9 Å². The Bertz CT molecular complexity index is 1140. The van der Waals surface area contributed by atoms with E-state index in [1.165, 1.54) is 3.97 Å². The molecule has 0 bridgehead atoms. The first-order valence-electron chi connectivity index (χ1n) is 8.87. The molecule has 4 nitrogen and oxygen atoms in total. The van der Waals surface area contributed by atoms with Crippen LogP contribution in [-0.4, -0.2) is 18.2 Å². The second kappa shape index (κ2) is 5.81. The highest BCUT2D eigenvalue weighted by Gasteiger charge is 2.32. The first-order valence-corrected chi connectivity index (χ1v) is 10.3. The van der Waals surface area contributed by atoms with Gasteiger partial charge < -0.3 is 0 Å². The first kappa shape index (κ1) is 17.0. The Hall–Kier alpha value is -2.40. The molecule has 3 aromatic rings. The molecular formula is C21H21NO3S. The van der Waals surface area contributed by atoms with Crippen LogP contribution in [0, 0.1) is 6.92 Å². The fourth-order valence-corrected chi connectivity index (χ4v) is 5.30. The molecule has 0 aliphatic heterocycles. The van der Waals surface area contributed by atoms with Crippen molar-refractivity contribution in [3.8, 4) is 0 Å². The third kappa shape index (κ3) is 2.34. The minimum Gasteiger partial charge on any atom is -0.294 e. The summed E-state index contributed by atoms with van der Waals surface area (Å²) < 4.78 is 27.9. The summed E-state index contributed by atoms with van der Waals surface area (Å²) in [6.45, 7) is 5.94. The van der Waals surface area contributed by atoms with Crippen LogP contribution in [0.2, 0.25) is 0 Å². The highest BCUT2D eigenvalue weighted by molar-refractivity contribution is 7.90. The fourth-order valence-electron chi connectivity index (χ4n) is 3.93. The lowest BCUT2D eigenvalue weighted by Gasteiger charge is -2.14. The Balaban J connectivity index is 2.06. The molecule has 0 saturated carbocycles. The molecule has 0 unspecified atom stereocenters. The van der Waals surface area contributed by atoms with Gasteiger partial charge in [-0.25, -0.2) is 12.4 Å². The summed E-state index contributed by atoms with van der Waals surface area (Å²) in [5, 5.41) is 0.920. The number of Topliss-reactive ketones (excluding diaryl/α,β-unsaturated/α-hetero) is 1.